The van der Waals surface area contributed by atoms with Gasteiger partial charge in [0.1, 0.15) is 32.1 Å². The van der Waals surface area contributed by atoms with Gasteiger partial charge in [0.15, 0.2) is 0 Å². The normalized spacial score (nSPS) is 14.9. The SMILES string of the molecule is CCCCCCCCCCCCCCC(=O)OCC[N+]1(CCOC(=O)Cc2cc(C(C)(C)C)c(O)c(C(C)(C)C)c2)CCCC1. The summed E-state index contributed by atoms with van der Waals surface area (Å²) in [6, 6.07) is 3.90. The Morgan fingerprint density at radius 1 is 0.689 bits per heavy atom. The minimum absolute atomic E-state index is 0.0796. The Labute approximate surface area is 276 Å². The number of hydrogen-bond donors (Lipinski definition) is 1. The van der Waals surface area contributed by atoms with Gasteiger partial charge in [-0.3, -0.25) is 9.59 Å². The van der Waals surface area contributed by atoms with Crippen LogP contribution >= 0.6 is 0 Å². The molecule has 1 N–H and O–H groups in total. The van der Waals surface area contributed by atoms with Gasteiger partial charge in [-0.15, -0.1) is 0 Å². The van der Waals surface area contributed by atoms with Crippen LogP contribution in [0, 0.1) is 0 Å². The van der Waals surface area contributed by atoms with E-state index in [0.29, 0.717) is 25.4 Å². The fourth-order valence-corrected chi connectivity index (χ4v) is 6.61. The number of quaternary nitrogens is 1. The summed E-state index contributed by atoms with van der Waals surface area (Å²) < 4.78 is 12.2. The summed E-state index contributed by atoms with van der Waals surface area (Å²) >= 11 is 0. The van der Waals surface area contributed by atoms with Crippen molar-refractivity contribution in [1.29, 1.82) is 0 Å². The smallest absolute Gasteiger partial charge is 0.310 e. The summed E-state index contributed by atoms with van der Waals surface area (Å²) in [4.78, 5) is 25.3. The van der Waals surface area contributed by atoms with Gasteiger partial charge in [-0.25, -0.2) is 0 Å². The third kappa shape index (κ3) is 14.9. The highest BCUT2D eigenvalue weighted by atomic mass is 16.5. The standard InChI is InChI=1S/C39H67NO5/c1-8-9-10-11-12-13-14-15-16-17-18-19-22-35(41)44-27-25-40(23-20-21-24-40)26-28-45-36(42)31-32-29-33(38(2,3)4)37(43)34(30-32)39(5,6)7/h29-30H,8-28,31H2,1-7H3/p+1. The van der Waals surface area contributed by atoms with Crippen LogP contribution in [0.3, 0.4) is 0 Å². The Morgan fingerprint density at radius 3 is 1.56 bits per heavy atom. The number of phenols is 1. The predicted octanol–water partition coefficient (Wildman–Crippen LogP) is 9.32. The lowest BCUT2D eigenvalue weighted by Gasteiger charge is -2.33. The Balaban J connectivity index is 1.69. The summed E-state index contributed by atoms with van der Waals surface area (Å²) in [5, 5.41) is 11.0. The maximum atomic E-state index is 12.9. The van der Waals surface area contributed by atoms with Gasteiger partial charge >= 0.3 is 11.9 Å². The number of phenolic OH excluding ortho intramolecular Hbond substituents is 1. The Bertz CT molecular complexity index is 978. The van der Waals surface area contributed by atoms with Crippen molar-refractivity contribution < 1.29 is 28.7 Å². The molecule has 258 valence electrons. The van der Waals surface area contributed by atoms with Crippen LogP contribution in [-0.4, -0.2) is 60.9 Å². The van der Waals surface area contributed by atoms with Crippen LogP contribution in [0.25, 0.3) is 0 Å². The molecule has 1 heterocycles. The van der Waals surface area contributed by atoms with Crippen LogP contribution in [0.4, 0.5) is 0 Å². The molecule has 45 heavy (non-hydrogen) atoms. The largest absolute Gasteiger partial charge is 0.507 e. The molecule has 0 aliphatic carbocycles. The van der Waals surface area contributed by atoms with Crippen molar-refractivity contribution >= 4 is 11.9 Å². The van der Waals surface area contributed by atoms with Gasteiger partial charge in [0, 0.05) is 19.3 Å². The van der Waals surface area contributed by atoms with Gasteiger partial charge in [0.2, 0.25) is 0 Å². The monoisotopic (exact) mass is 631 g/mol. The third-order valence-electron chi connectivity index (χ3n) is 9.54. The molecule has 1 aliphatic heterocycles. The number of benzene rings is 1. The van der Waals surface area contributed by atoms with Crippen molar-refractivity contribution in [3.63, 3.8) is 0 Å². The molecular formula is C39H68NO5+. The third-order valence-corrected chi connectivity index (χ3v) is 9.54. The number of ether oxygens (including phenoxy) is 2. The van der Waals surface area contributed by atoms with Gasteiger partial charge in [-0.2, -0.15) is 0 Å². The molecule has 0 bridgehead atoms. The first-order valence-corrected chi connectivity index (χ1v) is 18.3. The van der Waals surface area contributed by atoms with E-state index in [1.807, 2.05) is 12.1 Å². The van der Waals surface area contributed by atoms with E-state index in [9.17, 15) is 14.7 Å². The molecule has 0 amide bonds. The average Bonchev–Trinajstić information content (AvgIpc) is 3.42. The molecule has 1 aromatic carbocycles. The first-order valence-electron chi connectivity index (χ1n) is 18.3. The zero-order valence-electron chi connectivity index (χ0n) is 30.2. The van der Waals surface area contributed by atoms with Crippen LogP contribution in [0.1, 0.15) is 161 Å². The maximum Gasteiger partial charge on any atom is 0.310 e. The number of nitrogens with zero attached hydrogens (tertiary/aromatic N) is 1. The molecule has 1 saturated heterocycles. The lowest BCUT2D eigenvalue weighted by molar-refractivity contribution is -0.917. The Morgan fingerprint density at radius 2 is 1.11 bits per heavy atom. The van der Waals surface area contributed by atoms with Gasteiger partial charge < -0.3 is 19.1 Å². The van der Waals surface area contributed by atoms with Gasteiger partial charge in [0.05, 0.1) is 19.5 Å². The molecule has 0 atom stereocenters. The zero-order chi connectivity index (χ0) is 33.3. The molecule has 2 rings (SSSR count). The highest BCUT2D eigenvalue weighted by Gasteiger charge is 2.32. The van der Waals surface area contributed by atoms with Crippen LogP contribution in [0.5, 0.6) is 5.75 Å². The van der Waals surface area contributed by atoms with Crippen LogP contribution in [0.15, 0.2) is 12.1 Å². The quantitative estimate of drug-likeness (QED) is 0.0832. The van der Waals surface area contributed by atoms with E-state index in [0.717, 1.165) is 73.0 Å². The molecule has 1 aliphatic rings. The average molecular weight is 631 g/mol. The van der Waals surface area contributed by atoms with E-state index in [4.69, 9.17) is 9.47 Å². The Kier molecular flexibility index (Phi) is 17.0. The molecule has 0 unspecified atom stereocenters. The van der Waals surface area contributed by atoms with Gasteiger partial charge in [-0.1, -0.05) is 131 Å². The number of aromatic hydroxyl groups is 1. The molecule has 0 radical (unpaired) electrons. The summed E-state index contributed by atoms with van der Waals surface area (Å²) in [7, 11) is 0. The zero-order valence-corrected chi connectivity index (χ0v) is 30.2. The van der Waals surface area contributed by atoms with E-state index in [1.54, 1.807) is 0 Å². The van der Waals surface area contributed by atoms with E-state index in [-0.39, 0.29) is 29.2 Å². The molecule has 0 aromatic heterocycles. The minimum Gasteiger partial charge on any atom is -0.507 e. The Hall–Kier alpha value is -2.08. The van der Waals surface area contributed by atoms with Crippen molar-refractivity contribution in [3.05, 3.63) is 28.8 Å². The lowest BCUT2D eigenvalue weighted by Crippen LogP contribution is -2.50. The van der Waals surface area contributed by atoms with E-state index in [1.165, 1.54) is 64.2 Å². The molecule has 6 heteroatoms. The fraction of sp³-hybridized carbons (Fsp3) is 0.795. The lowest BCUT2D eigenvalue weighted by atomic mass is 9.78. The number of carbonyl (C=O) groups is 2. The van der Waals surface area contributed by atoms with Crippen LogP contribution in [-0.2, 0) is 36.3 Å². The molecule has 6 nitrogen and oxygen atoms in total. The highest BCUT2D eigenvalue weighted by Crippen LogP contribution is 2.40. The van der Waals surface area contributed by atoms with E-state index < -0.39 is 0 Å². The number of likely N-dealkylation sites (tertiary alicyclic amines) is 1. The van der Waals surface area contributed by atoms with Gasteiger partial charge in [0.25, 0.3) is 0 Å². The van der Waals surface area contributed by atoms with Crippen molar-refractivity contribution in [1.82, 2.24) is 0 Å². The number of carbonyl (C=O) groups excluding carboxylic acids is 2. The van der Waals surface area contributed by atoms with Crippen LogP contribution < -0.4 is 0 Å². The number of unbranched alkanes of at least 4 members (excludes halogenated alkanes) is 11. The van der Waals surface area contributed by atoms with Crippen LogP contribution in [0.2, 0.25) is 0 Å². The predicted molar refractivity (Wildman–Crippen MR) is 186 cm³/mol. The first-order chi connectivity index (χ1) is 21.3. The number of hydrogen-bond acceptors (Lipinski definition) is 5. The second-order valence-corrected chi connectivity index (χ2v) is 15.7. The molecular weight excluding hydrogens is 562 g/mol. The second kappa shape index (κ2) is 19.6. The van der Waals surface area contributed by atoms with Crippen molar-refractivity contribution in [3.8, 4) is 5.75 Å². The van der Waals surface area contributed by atoms with Crippen molar-refractivity contribution in [2.24, 2.45) is 0 Å². The second-order valence-electron chi connectivity index (χ2n) is 15.7. The van der Waals surface area contributed by atoms with Crippen molar-refractivity contribution in [2.45, 2.75) is 162 Å². The van der Waals surface area contributed by atoms with Crippen molar-refractivity contribution in [2.75, 3.05) is 39.4 Å². The highest BCUT2D eigenvalue weighted by molar-refractivity contribution is 5.73. The summed E-state index contributed by atoms with van der Waals surface area (Å²) in [5.74, 6) is -0.00188. The fourth-order valence-electron chi connectivity index (χ4n) is 6.61. The maximum absolute atomic E-state index is 12.9. The molecule has 1 fully saturated rings. The minimum atomic E-state index is -0.244. The molecule has 1 aromatic rings. The molecule has 0 spiro atoms. The topological polar surface area (TPSA) is 72.8 Å². The van der Waals surface area contributed by atoms with E-state index >= 15 is 0 Å². The summed E-state index contributed by atoms with van der Waals surface area (Å²) in [6.07, 6.45) is 18.4. The van der Waals surface area contributed by atoms with E-state index in [2.05, 4.69) is 48.5 Å². The summed E-state index contributed by atoms with van der Waals surface area (Å²) in [5.41, 5.74) is 2.09. The van der Waals surface area contributed by atoms with Gasteiger partial charge in [-0.05, 0) is 33.9 Å². The number of esters is 2. The molecule has 0 saturated carbocycles. The number of rotatable bonds is 21. The first kappa shape index (κ1) is 39.1. The summed E-state index contributed by atoms with van der Waals surface area (Å²) in [6.45, 7) is 19.1.